The molecule has 17 heavy (non-hydrogen) atoms. The van der Waals surface area contributed by atoms with Crippen LogP contribution in [0, 0.1) is 0 Å². The van der Waals surface area contributed by atoms with E-state index in [-0.39, 0.29) is 0 Å². The van der Waals surface area contributed by atoms with Crippen LogP contribution in [0.2, 0.25) is 0 Å². The van der Waals surface area contributed by atoms with Crippen molar-refractivity contribution in [2.45, 2.75) is 13.0 Å². The summed E-state index contributed by atoms with van der Waals surface area (Å²) in [6, 6.07) is 10.7. The van der Waals surface area contributed by atoms with Crippen LogP contribution in [-0.2, 0) is 0 Å². The quantitative estimate of drug-likeness (QED) is 0.858. The molecule has 0 bridgehead atoms. The molecule has 0 radical (unpaired) electrons. The average molecular weight is 230 g/mol. The van der Waals surface area contributed by atoms with Crippen LogP contribution in [0.3, 0.4) is 0 Å². The van der Waals surface area contributed by atoms with Crippen LogP contribution in [0.4, 0.5) is 0 Å². The molecule has 0 saturated carbocycles. The SMILES string of the molecule is CC(c1cc2ccccc2o1)N1CCNCC1. The number of nitrogens with zero attached hydrogens (tertiary/aromatic N) is 1. The summed E-state index contributed by atoms with van der Waals surface area (Å²) in [5, 5.41) is 4.57. The van der Waals surface area contributed by atoms with E-state index < -0.39 is 0 Å². The van der Waals surface area contributed by atoms with E-state index in [4.69, 9.17) is 4.42 Å². The van der Waals surface area contributed by atoms with Gasteiger partial charge in [-0.1, -0.05) is 18.2 Å². The number of hydrogen-bond acceptors (Lipinski definition) is 3. The molecule has 2 heterocycles. The number of fused-ring (bicyclic) bond motifs is 1. The Kier molecular flexibility index (Phi) is 2.87. The standard InChI is InChI=1S/C14H18N2O/c1-11(16-8-6-15-7-9-16)14-10-12-4-2-3-5-13(12)17-14/h2-5,10-11,15H,6-9H2,1H3. The average Bonchev–Trinajstić information content (AvgIpc) is 2.82. The van der Waals surface area contributed by atoms with Crippen LogP contribution in [0.5, 0.6) is 0 Å². The van der Waals surface area contributed by atoms with Gasteiger partial charge in [0.15, 0.2) is 0 Å². The number of piperazine rings is 1. The summed E-state index contributed by atoms with van der Waals surface area (Å²) in [5.74, 6) is 1.08. The fraction of sp³-hybridized carbons (Fsp3) is 0.429. The molecule has 3 nitrogen and oxygen atoms in total. The Morgan fingerprint density at radius 1 is 1.24 bits per heavy atom. The largest absolute Gasteiger partial charge is 0.459 e. The Balaban J connectivity index is 1.86. The molecule has 0 spiro atoms. The van der Waals surface area contributed by atoms with Crippen molar-refractivity contribution in [2.75, 3.05) is 26.2 Å². The minimum atomic E-state index is 0.365. The highest BCUT2D eigenvalue weighted by molar-refractivity contribution is 5.77. The number of para-hydroxylation sites is 1. The van der Waals surface area contributed by atoms with Crippen LogP contribution in [-0.4, -0.2) is 31.1 Å². The Bertz CT molecular complexity index is 467. The number of rotatable bonds is 2. The van der Waals surface area contributed by atoms with Gasteiger partial charge in [0.1, 0.15) is 11.3 Å². The molecular weight excluding hydrogens is 212 g/mol. The van der Waals surface area contributed by atoms with Crippen LogP contribution in [0.15, 0.2) is 34.7 Å². The molecule has 1 aliphatic heterocycles. The van der Waals surface area contributed by atoms with Crippen molar-refractivity contribution >= 4 is 11.0 Å². The highest BCUT2D eigenvalue weighted by Gasteiger charge is 2.20. The van der Waals surface area contributed by atoms with E-state index in [1.807, 2.05) is 12.1 Å². The van der Waals surface area contributed by atoms with Crippen LogP contribution < -0.4 is 5.32 Å². The van der Waals surface area contributed by atoms with Gasteiger partial charge in [0, 0.05) is 31.6 Å². The highest BCUT2D eigenvalue weighted by Crippen LogP contribution is 2.27. The molecule has 1 unspecified atom stereocenters. The molecule has 1 aliphatic rings. The minimum absolute atomic E-state index is 0.365. The first-order valence-electron chi connectivity index (χ1n) is 6.28. The van der Waals surface area contributed by atoms with E-state index in [1.165, 1.54) is 5.39 Å². The number of furan rings is 1. The van der Waals surface area contributed by atoms with Crippen molar-refractivity contribution in [2.24, 2.45) is 0 Å². The van der Waals surface area contributed by atoms with Crippen molar-refractivity contribution in [3.63, 3.8) is 0 Å². The fourth-order valence-electron chi connectivity index (χ4n) is 2.46. The van der Waals surface area contributed by atoms with Gasteiger partial charge in [-0.05, 0) is 19.1 Å². The minimum Gasteiger partial charge on any atom is -0.459 e. The molecule has 3 heteroatoms. The Morgan fingerprint density at radius 3 is 2.76 bits per heavy atom. The molecule has 3 rings (SSSR count). The second-order valence-electron chi connectivity index (χ2n) is 4.65. The Hall–Kier alpha value is -1.32. The van der Waals surface area contributed by atoms with E-state index in [9.17, 15) is 0 Å². The zero-order chi connectivity index (χ0) is 11.7. The van der Waals surface area contributed by atoms with Crippen molar-refractivity contribution in [3.8, 4) is 0 Å². The number of nitrogens with one attached hydrogen (secondary N) is 1. The molecule has 1 aromatic carbocycles. The van der Waals surface area contributed by atoms with Gasteiger partial charge in [-0.2, -0.15) is 0 Å². The lowest BCUT2D eigenvalue weighted by molar-refractivity contribution is 0.168. The predicted octanol–water partition coefficient (Wildman–Crippen LogP) is 2.40. The normalized spacial score (nSPS) is 19.6. The van der Waals surface area contributed by atoms with Crippen molar-refractivity contribution < 1.29 is 4.42 Å². The predicted molar refractivity (Wildman–Crippen MR) is 69.1 cm³/mol. The van der Waals surface area contributed by atoms with Gasteiger partial charge in [-0.3, -0.25) is 4.90 Å². The summed E-state index contributed by atoms with van der Waals surface area (Å²) in [6.07, 6.45) is 0. The number of benzene rings is 1. The summed E-state index contributed by atoms with van der Waals surface area (Å²) >= 11 is 0. The van der Waals surface area contributed by atoms with Crippen LogP contribution in [0.25, 0.3) is 11.0 Å². The first kappa shape index (κ1) is 10.8. The maximum Gasteiger partial charge on any atom is 0.134 e. The summed E-state index contributed by atoms with van der Waals surface area (Å²) in [7, 11) is 0. The van der Waals surface area contributed by atoms with Gasteiger partial charge < -0.3 is 9.73 Å². The van der Waals surface area contributed by atoms with Crippen LogP contribution >= 0.6 is 0 Å². The Morgan fingerprint density at radius 2 is 2.00 bits per heavy atom. The molecule has 1 saturated heterocycles. The highest BCUT2D eigenvalue weighted by atomic mass is 16.3. The van der Waals surface area contributed by atoms with Crippen molar-refractivity contribution in [1.82, 2.24) is 10.2 Å². The molecule has 2 aromatic rings. The zero-order valence-electron chi connectivity index (χ0n) is 10.1. The van der Waals surface area contributed by atoms with E-state index >= 15 is 0 Å². The van der Waals surface area contributed by atoms with E-state index in [1.54, 1.807) is 0 Å². The van der Waals surface area contributed by atoms with Gasteiger partial charge >= 0.3 is 0 Å². The van der Waals surface area contributed by atoms with E-state index in [2.05, 4.69) is 35.3 Å². The summed E-state index contributed by atoms with van der Waals surface area (Å²) < 4.78 is 5.92. The third-order valence-electron chi connectivity index (χ3n) is 3.56. The summed E-state index contributed by atoms with van der Waals surface area (Å²) in [4.78, 5) is 2.47. The topological polar surface area (TPSA) is 28.4 Å². The lowest BCUT2D eigenvalue weighted by atomic mass is 10.2. The monoisotopic (exact) mass is 230 g/mol. The third kappa shape index (κ3) is 2.08. The smallest absolute Gasteiger partial charge is 0.134 e. The van der Waals surface area contributed by atoms with Crippen molar-refractivity contribution in [1.29, 1.82) is 0 Å². The molecular formula is C14H18N2O. The molecule has 0 aliphatic carbocycles. The van der Waals surface area contributed by atoms with E-state index in [0.29, 0.717) is 6.04 Å². The van der Waals surface area contributed by atoms with Crippen LogP contribution in [0.1, 0.15) is 18.7 Å². The van der Waals surface area contributed by atoms with Gasteiger partial charge in [0.2, 0.25) is 0 Å². The maximum absolute atomic E-state index is 5.92. The maximum atomic E-state index is 5.92. The second kappa shape index (κ2) is 4.51. The van der Waals surface area contributed by atoms with Crippen molar-refractivity contribution in [3.05, 3.63) is 36.1 Å². The molecule has 0 amide bonds. The fourth-order valence-corrected chi connectivity index (χ4v) is 2.46. The summed E-state index contributed by atoms with van der Waals surface area (Å²) in [5.41, 5.74) is 0.990. The van der Waals surface area contributed by atoms with Gasteiger partial charge in [0.25, 0.3) is 0 Å². The number of hydrogen-bond donors (Lipinski definition) is 1. The lowest BCUT2D eigenvalue weighted by Gasteiger charge is -2.31. The molecule has 1 atom stereocenters. The first-order chi connectivity index (χ1) is 8.34. The molecule has 1 aromatic heterocycles. The zero-order valence-corrected chi connectivity index (χ0v) is 10.1. The second-order valence-corrected chi connectivity index (χ2v) is 4.65. The third-order valence-corrected chi connectivity index (χ3v) is 3.56. The van der Waals surface area contributed by atoms with Gasteiger partial charge in [-0.25, -0.2) is 0 Å². The van der Waals surface area contributed by atoms with E-state index in [0.717, 1.165) is 37.5 Å². The molecule has 90 valence electrons. The summed E-state index contributed by atoms with van der Waals surface area (Å²) in [6.45, 7) is 6.56. The lowest BCUT2D eigenvalue weighted by Crippen LogP contribution is -2.44. The molecule has 1 fully saturated rings. The molecule has 1 N–H and O–H groups in total. The van der Waals surface area contributed by atoms with Gasteiger partial charge in [-0.15, -0.1) is 0 Å². The van der Waals surface area contributed by atoms with Gasteiger partial charge in [0.05, 0.1) is 6.04 Å². The Labute approximate surface area is 101 Å². The first-order valence-corrected chi connectivity index (χ1v) is 6.28.